The van der Waals surface area contributed by atoms with Gasteiger partial charge in [0.15, 0.2) is 0 Å². The van der Waals surface area contributed by atoms with Gasteiger partial charge in [-0.05, 0) is 12.3 Å². The summed E-state index contributed by atoms with van der Waals surface area (Å²) in [6.45, 7) is 3.88. The molecule has 0 bridgehead atoms. The van der Waals surface area contributed by atoms with Crippen molar-refractivity contribution >= 4 is 5.97 Å². The van der Waals surface area contributed by atoms with Crippen molar-refractivity contribution in [3.63, 3.8) is 0 Å². The van der Waals surface area contributed by atoms with Crippen LogP contribution >= 0.6 is 0 Å². The average Bonchev–Trinajstić information content (AvgIpc) is 2.52. The fourth-order valence-corrected chi connectivity index (χ4v) is 3.29. The van der Waals surface area contributed by atoms with E-state index in [1.165, 1.54) is 70.6 Å². The standard InChI is InChI=1S/C19H34O2/c1-2-17-21-19(20)16-12-7-5-3-4-6-9-13-18-14-10-8-11-15-18/h2,18H,1,3-17H2. The minimum absolute atomic E-state index is 0.0811. The molecule has 0 aromatic heterocycles. The SMILES string of the molecule is C=CCOC(=O)CCCCCCCCCC1CCCCC1. The molecule has 1 rings (SSSR count). The maximum absolute atomic E-state index is 11.3. The first-order valence-electron chi connectivity index (χ1n) is 9.09. The van der Waals surface area contributed by atoms with Gasteiger partial charge in [0.1, 0.15) is 6.61 Å². The zero-order chi connectivity index (χ0) is 15.2. The summed E-state index contributed by atoms with van der Waals surface area (Å²) in [6.07, 6.45) is 20.0. The van der Waals surface area contributed by atoms with Gasteiger partial charge < -0.3 is 4.74 Å². The molecule has 0 spiro atoms. The molecular weight excluding hydrogens is 260 g/mol. The lowest BCUT2D eigenvalue weighted by Crippen LogP contribution is -2.05. The summed E-state index contributed by atoms with van der Waals surface area (Å²) in [5.41, 5.74) is 0. The van der Waals surface area contributed by atoms with Crippen LogP contribution in [0.4, 0.5) is 0 Å². The molecule has 0 amide bonds. The molecular formula is C19H34O2. The molecule has 0 heterocycles. The van der Waals surface area contributed by atoms with Gasteiger partial charge in [-0.1, -0.05) is 89.7 Å². The number of esters is 1. The summed E-state index contributed by atoms with van der Waals surface area (Å²) in [4.78, 5) is 11.3. The summed E-state index contributed by atoms with van der Waals surface area (Å²) >= 11 is 0. The smallest absolute Gasteiger partial charge is 0.306 e. The Hall–Kier alpha value is -0.790. The fraction of sp³-hybridized carbons (Fsp3) is 0.842. The van der Waals surface area contributed by atoms with Crippen LogP contribution in [0.1, 0.15) is 89.9 Å². The van der Waals surface area contributed by atoms with E-state index >= 15 is 0 Å². The summed E-state index contributed by atoms with van der Waals surface area (Å²) in [5.74, 6) is 0.961. The van der Waals surface area contributed by atoms with Crippen LogP contribution in [-0.2, 0) is 9.53 Å². The second kappa shape index (κ2) is 12.9. The number of rotatable bonds is 12. The number of carbonyl (C=O) groups excluding carboxylic acids is 1. The highest BCUT2D eigenvalue weighted by Gasteiger charge is 2.12. The number of hydrogen-bond donors (Lipinski definition) is 0. The highest BCUT2D eigenvalue weighted by molar-refractivity contribution is 5.69. The minimum atomic E-state index is -0.0811. The van der Waals surface area contributed by atoms with Crippen molar-refractivity contribution in [2.45, 2.75) is 89.9 Å². The van der Waals surface area contributed by atoms with Gasteiger partial charge in [0.2, 0.25) is 0 Å². The van der Waals surface area contributed by atoms with Crippen LogP contribution in [-0.4, -0.2) is 12.6 Å². The predicted molar refractivity (Wildman–Crippen MR) is 89.3 cm³/mol. The first-order valence-corrected chi connectivity index (χ1v) is 9.09. The van der Waals surface area contributed by atoms with Gasteiger partial charge in [0, 0.05) is 6.42 Å². The van der Waals surface area contributed by atoms with Crippen LogP contribution in [0, 0.1) is 5.92 Å². The van der Waals surface area contributed by atoms with Crippen LogP contribution in [0.25, 0.3) is 0 Å². The van der Waals surface area contributed by atoms with Crippen LogP contribution in [0.2, 0.25) is 0 Å². The molecule has 0 saturated heterocycles. The maximum Gasteiger partial charge on any atom is 0.306 e. The first-order chi connectivity index (χ1) is 10.3. The van der Waals surface area contributed by atoms with Crippen molar-refractivity contribution in [2.24, 2.45) is 5.92 Å². The first kappa shape index (κ1) is 18.3. The Morgan fingerprint density at radius 3 is 2.24 bits per heavy atom. The van der Waals surface area contributed by atoms with Gasteiger partial charge in [-0.25, -0.2) is 0 Å². The molecule has 1 fully saturated rings. The van der Waals surface area contributed by atoms with Gasteiger partial charge in [-0.15, -0.1) is 0 Å². The summed E-state index contributed by atoms with van der Waals surface area (Å²) < 4.78 is 4.95. The van der Waals surface area contributed by atoms with Gasteiger partial charge in [0.05, 0.1) is 0 Å². The van der Waals surface area contributed by atoms with Crippen molar-refractivity contribution in [2.75, 3.05) is 6.61 Å². The second-order valence-electron chi connectivity index (χ2n) is 6.49. The average molecular weight is 294 g/mol. The predicted octanol–water partition coefficient (Wildman–Crippen LogP) is 5.81. The summed E-state index contributed by atoms with van der Waals surface area (Å²) in [7, 11) is 0. The number of hydrogen-bond acceptors (Lipinski definition) is 2. The molecule has 21 heavy (non-hydrogen) atoms. The highest BCUT2D eigenvalue weighted by Crippen LogP contribution is 2.28. The number of ether oxygens (including phenoxy) is 1. The van der Waals surface area contributed by atoms with Gasteiger partial charge >= 0.3 is 5.97 Å². The second-order valence-corrected chi connectivity index (χ2v) is 6.49. The fourth-order valence-electron chi connectivity index (χ4n) is 3.29. The Morgan fingerprint density at radius 2 is 1.57 bits per heavy atom. The summed E-state index contributed by atoms with van der Waals surface area (Å²) in [5, 5.41) is 0. The Morgan fingerprint density at radius 1 is 0.952 bits per heavy atom. The molecule has 0 aliphatic heterocycles. The van der Waals surface area contributed by atoms with Crippen LogP contribution in [0.5, 0.6) is 0 Å². The molecule has 0 atom stereocenters. The molecule has 1 aliphatic rings. The van der Waals surface area contributed by atoms with Crippen LogP contribution in [0.3, 0.4) is 0 Å². The lowest BCUT2D eigenvalue weighted by molar-refractivity contribution is -0.142. The molecule has 122 valence electrons. The van der Waals surface area contributed by atoms with Crippen molar-refractivity contribution in [3.05, 3.63) is 12.7 Å². The van der Waals surface area contributed by atoms with E-state index < -0.39 is 0 Å². The third kappa shape index (κ3) is 10.6. The molecule has 0 aromatic rings. The van der Waals surface area contributed by atoms with Gasteiger partial charge in [-0.2, -0.15) is 0 Å². The van der Waals surface area contributed by atoms with E-state index in [1.54, 1.807) is 6.08 Å². The molecule has 0 radical (unpaired) electrons. The Kier molecular flexibility index (Phi) is 11.2. The molecule has 1 aliphatic carbocycles. The maximum atomic E-state index is 11.3. The van der Waals surface area contributed by atoms with Crippen molar-refractivity contribution in [1.82, 2.24) is 0 Å². The minimum Gasteiger partial charge on any atom is -0.461 e. The van der Waals surface area contributed by atoms with E-state index in [4.69, 9.17) is 4.74 Å². The molecule has 0 aromatic carbocycles. The highest BCUT2D eigenvalue weighted by atomic mass is 16.5. The normalized spacial score (nSPS) is 15.8. The topological polar surface area (TPSA) is 26.3 Å². The molecule has 2 heteroatoms. The zero-order valence-corrected chi connectivity index (χ0v) is 13.8. The lowest BCUT2D eigenvalue weighted by Gasteiger charge is -2.21. The Labute approximate surface area is 131 Å². The lowest BCUT2D eigenvalue weighted by atomic mass is 9.85. The third-order valence-electron chi connectivity index (χ3n) is 4.58. The quantitative estimate of drug-likeness (QED) is 0.258. The van der Waals surface area contributed by atoms with E-state index in [9.17, 15) is 4.79 Å². The van der Waals surface area contributed by atoms with E-state index in [0.717, 1.165) is 18.8 Å². The van der Waals surface area contributed by atoms with Crippen LogP contribution in [0.15, 0.2) is 12.7 Å². The Bertz CT molecular complexity index is 267. The summed E-state index contributed by atoms with van der Waals surface area (Å²) in [6, 6.07) is 0. The molecule has 2 nitrogen and oxygen atoms in total. The van der Waals surface area contributed by atoms with E-state index in [1.807, 2.05) is 0 Å². The molecule has 0 unspecified atom stereocenters. The van der Waals surface area contributed by atoms with Crippen molar-refractivity contribution in [3.8, 4) is 0 Å². The molecule has 0 N–H and O–H groups in total. The number of unbranched alkanes of at least 4 members (excludes halogenated alkanes) is 6. The largest absolute Gasteiger partial charge is 0.461 e. The monoisotopic (exact) mass is 294 g/mol. The molecule has 1 saturated carbocycles. The Balaban J connectivity index is 1.78. The van der Waals surface area contributed by atoms with E-state index in [-0.39, 0.29) is 5.97 Å². The van der Waals surface area contributed by atoms with Gasteiger partial charge in [-0.3, -0.25) is 4.79 Å². The van der Waals surface area contributed by atoms with E-state index in [0.29, 0.717) is 13.0 Å². The van der Waals surface area contributed by atoms with Crippen molar-refractivity contribution < 1.29 is 9.53 Å². The van der Waals surface area contributed by atoms with Gasteiger partial charge in [0.25, 0.3) is 0 Å². The van der Waals surface area contributed by atoms with E-state index in [2.05, 4.69) is 6.58 Å². The third-order valence-corrected chi connectivity index (χ3v) is 4.58. The zero-order valence-electron chi connectivity index (χ0n) is 13.8. The number of carbonyl (C=O) groups is 1. The van der Waals surface area contributed by atoms with Crippen LogP contribution < -0.4 is 0 Å². The van der Waals surface area contributed by atoms with Crippen molar-refractivity contribution in [1.29, 1.82) is 0 Å².